The Hall–Kier alpha value is -1.76. The highest BCUT2D eigenvalue weighted by Crippen LogP contribution is 2.36. The smallest absolute Gasteiger partial charge is 0.232 e. The van der Waals surface area contributed by atoms with Crippen molar-refractivity contribution >= 4 is 11.6 Å². The molecule has 0 radical (unpaired) electrons. The predicted molar refractivity (Wildman–Crippen MR) is 91.1 cm³/mol. The number of halogens is 2. The van der Waals surface area contributed by atoms with Crippen molar-refractivity contribution in [1.82, 2.24) is 14.9 Å². The number of likely N-dealkylation sites (tertiary alicyclic amines) is 1. The maximum absolute atomic E-state index is 13.6. The summed E-state index contributed by atoms with van der Waals surface area (Å²) in [4.78, 5) is 10.4. The van der Waals surface area contributed by atoms with E-state index < -0.39 is 0 Å². The third-order valence-electron chi connectivity index (χ3n) is 4.69. The SMILES string of the molecule is Fc1cc(CN2CC3(CC(Oc4cnccn4)CCO3)C2)ccc1Cl. The topological polar surface area (TPSA) is 47.5 Å². The van der Waals surface area contributed by atoms with Crippen LogP contribution < -0.4 is 4.74 Å². The number of hydrogen-bond donors (Lipinski definition) is 0. The molecule has 0 bridgehead atoms. The van der Waals surface area contributed by atoms with Crippen molar-refractivity contribution in [1.29, 1.82) is 0 Å². The van der Waals surface area contributed by atoms with Gasteiger partial charge in [-0.15, -0.1) is 0 Å². The van der Waals surface area contributed by atoms with E-state index in [1.165, 1.54) is 6.07 Å². The second kappa shape index (κ2) is 6.86. The van der Waals surface area contributed by atoms with Gasteiger partial charge in [-0.25, -0.2) is 9.37 Å². The fourth-order valence-electron chi connectivity index (χ4n) is 3.60. The highest BCUT2D eigenvalue weighted by atomic mass is 35.5. The Bertz CT molecular complexity index is 740. The van der Waals surface area contributed by atoms with Crippen LogP contribution >= 0.6 is 11.6 Å². The molecule has 1 unspecified atom stereocenters. The van der Waals surface area contributed by atoms with Crippen molar-refractivity contribution in [2.75, 3.05) is 19.7 Å². The molecule has 2 aromatic rings. The molecule has 132 valence electrons. The Kier molecular flexibility index (Phi) is 4.58. The van der Waals surface area contributed by atoms with Gasteiger partial charge < -0.3 is 9.47 Å². The predicted octanol–water partition coefficient (Wildman–Crippen LogP) is 3.08. The molecule has 5 nitrogen and oxygen atoms in total. The van der Waals surface area contributed by atoms with Gasteiger partial charge >= 0.3 is 0 Å². The van der Waals surface area contributed by atoms with Gasteiger partial charge in [0.15, 0.2) is 0 Å². The zero-order chi connectivity index (χ0) is 17.3. The van der Waals surface area contributed by atoms with Gasteiger partial charge in [0.25, 0.3) is 0 Å². The van der Waals surface area contributed by atoms with Crippen LogP contribution in [-0.4, -0.2) is 46.3 Å². The Labute approximate surface area is 150 Å². The Morgan fingerprint density at radius 2 is 2.24 bits per heavy atom. The Morgan fingerprint density at radius 1 is 1.36 bits per heavy atom. The summed E-state index contributed by atoms with van der Waals surface area (Å²) < 4.78 is 25.5. The van der Waals surface area contributed by atoms with Gasteiger partial charge in [0, 0.05) is 44.9 Å². The molecule has 2 fully saturated rings. The normalized spacial score (nSPS) is 22.6. The summed E-state index contributed by atoms with van der Waals surface area (Å²) in [6.45, 7) is 3.00. The van der Waals surface area contributed by atoms with Crippen molar-refractivity contribution in [3.63, 3.8) is 0 Å². The van der Waals surface area contributed by atoms with Gasteiger partial charge in [0.2, 0.25) is 5.88 Å². The van der Waals surface area contributed by atoms with Crippen molar-refractivity contribution in [2.45, 2.75) is 31.1 Å². The first-order valence-electron chi connectivity index (χ1n) is 8.35. The average molecular weight is 364 g/mol. The van der Waals surface area contributed by atoms with E-state index in [2.05, 4.69) is 14.9 Å². The molecule has 25 heavy (non-hydrogen) atoms. The summed E-state index contributed by atoms with van der Waals surface area (Å²) in [6, 6.07) is 4.96. The van der Waals surface area contributed by atoms with Crippen LogP contribution in [0.15, 0.2) is 36.8 Å². The zero-order valence-corrected chi connectivity index (χ0v) is 14.5. The summed E-state index contributed by atoms with van der Waals surface area (Å²) in [5.74, 6) is 0.179. The van der Waals surface area contributed by atoms with Gasteiger partial charge in [-0.2, -0.15) is 0 Å². The Morgan fingerprint density at radius 3 is 3.00 bits per heavy atom. The number of aromatic nitrogens is 2. The van der Waals surface area contributed by atoms with Crippen molar-refractivity contribution in [3.05, 3.63) is 53.2 Å². The first kappa shape index (κ1) is 16.7. The van der Waals surface area contributed by atoms with E-state index in [0.717, 1.165) is 31.5 Å². The summed E-state index contributed by atoms with van der Waals surface area (Å²) in [5.41, 5.74) is 0.746. The number of hydrogen-bond acceptors (Lipinski definition) is 5. The van der Waals surface area contributed by atoms with Crippen LogP contribution in [0.25, 0.3) is 0 Å². The number of nitrogens with zero attached hydrogens (tertiary/aromatic N) is 3. The molecule has 2 aliphatic heterocycles. The summed E-state index contributed by atoms with van der Waals surface area (Å²) >= 11 is 5.73. The zero-order valence-electron chi connectivity index (χ0n) is 13.7. The van der Waals surface area contributed by atoms with Crippen molar-refractivity contribution in [2.24, 2.45) is 0 Å². The molecule has 0 aliphatic carbocycles. The van der Waals surface area contributed by atoms with E-state index in [1.54, 1.807) is 24.7 Å². The van der Waals surface area contributed by atoms with Crippen molar-refractivity contribution in [3.8, 4) is 5.88 Å². The molecule has 4 rings (SSSR count). The molecule has 1 aromatic heterocycles. The quantitative estimate of drug-likeness (QED) is 0.835. The molecular formula is C18H19ClFN3O2. The van der Waals surface area contributed by atoms with Gasteiger partial charge in [0.1, 0.15) is 11.9 Å². The minimum atomic E-state index is -0.374. The van der Waals surface area contributed by atoms with E-state index in [0.29, 0.717) is 19.0 Å². The highest BCUT2D eigenvalue weighted by molar-refractivity contribution is 6.30. The summed E-state index contributed by atoms with van der Waals surface area (Å²) in [7, 11) is 0. The van der Waals surface area contributed by atoms with Crippen LogP contribution in [0, 0.1) is 5.82 Å². The lowest BCUT2D eigenvalue weighted by atomic mass is 9.84. The number of ether oxygens (including phenoxy) is 2. The molecular weight excluding hydrogens is 345 g/mol. The first-order valence-corrected chi connectivity index (χ1v) is 8.73. The minimum Gasteiger partial charge on any atom is -0.473 e. The second-order valence-electron chi connectivity index (χ2n) is 6.70. The van der Waals surface area contributed by atoms with E-state index >= 15 is 0 Å². The van der Waals surface area contributed by atoms with Crippen molar-refractivity contribution < 1.29 is 13.9 Å². The van der Waals surface area contributed by atoms with Crippen LogP contribution in [0.2, 0.25) is 5.02 Å². The van der Waals surface area contributed by atoms with E-state index in [-0.39, 0.29) is 22.5 Å². The van der Waals surface area contributed by atoms with Gasteiger partial charge in [-0.05, 0) is 17.7 Å². The molecule has 7 heteroatoms. The maximum Gasteiger partial charge on any atom is 0.232 e. The van der Waals surface area contributed by atoms with E-state index in [9.17, 15) is 4.39 Å². The van der Waals surface area contributed by atoms with E-state index in [1.807, 2.05) is 6.07 Å². The molecule has 1 aromatic carbocycles. The van der Waals surface area contributed by atoms with Crippen LogP contribution in [0.1, 0.15) is 18.4 Å². The van der Waals surface area contributed by atoms with Crippen LogP contribution in [0.5, 0.6) is 5.88 Å². The third kappa shape index (κ3) is 3.76. The second-order valence-corrected chi connectivity index (χ2v) is 7.11. The first-order chi connectivity index (χ1) is 12.1. The lowest BCUT2D eigenvalue weighted by Crippen LogP contribution is -2.65. The fraction of sp³-hybridized carbons (Fsp3) is 0.444. The van der Waals surface area contributed by atoms with Crippen LogP contribution in [0.4, 0.5) is 4.39 Å². The minimum absolute atomic E-state index is 0.0839. The molecule has 1 spiro atoms. The number of benzene rings is 1. The molecule has 3 heterocycles. The monoisotopic (exact) mass is 363 g/mol. The molecule has 2 aliphatic rings. The third-order valence-corrected chi connectivity index (χ3v) is 4.99. The molecule has 0 amide bonds. The Balaban J connectivity index is 1.32. The molecule has 1 atom stereocenters. The average Bonchev–Trinajstić information content (AvgIpc) is 2.58. The van der Waals surface area contributed by atoms with Gasteiger partial charge in [0.05, 0.1) is 23.4 Å². The fourth-order valence-corrected chi connectivity index (χ4v) is 3.72. The summed E-state index contributed by atoms with van der Waals surface area (Å²) in [6.07, 6.45) is 6.64. The molecule has 0 N–H and O–H groups in total. The standard InChI is InChI=1S/C18H19ClFN3O2/c19-15-2-1-13(7-16(15)20)10-23-11-18(12-23)8-14(3-6-24-18)25-17-9-21-4-5-22-17/h1-2,4-5,7,9,14H,3,6,8,10-12H2. The molecule has 2 saturated heterocycles. The van der Waals surface area contributed by atoms with Gasteiger partial charge in [-0.3, -0.25) is 9.88 Å². The number of rotatable bonds is 4. The lowest BCUT2D eigenvalue weighted by Gasteiger charge is -2.53. The highest BCUT2D eigenvalue weighted by Gasteiger charge is 2.48. The largest absolute Gasteiger partial charge is 0.473 e. The summed E-state index contributed by atoms with van der Waals surface area (Å²) in [5, 5.41) is 0.156. The van der Waals surface area contributed by atoms with Crippen LogP contribution in [0.3, 0.4) is 0 Å². The lowest BCUT2D eigenvalue weighted by molar-refractivity contribution is -0.188. The van der Waals surface area contributed by atoms with E-state index in [4.69, 9.17) is 21.1 Å². The molecule has 0 saturated carbocycles. The maximum atomic E-state index is 13.6. The van der Waals surface area contributed by atoms with Crippen LogP contribution in [-0.2, 0) is 11.3 Å². The van der Waals surface area contributed by atoms with Gasteiger partial charge in [-0.1, -0.05) is 17.7 Å².